The average Bonchev–Trinajstić information content (AvgIpc) is 2.39. The molecule has 2 N–H and O–H groups in total. The third kappa shape index (κ3) is 2.68. The van der Waals surface area contributed by atoms with Crippen molar-refractivity contribution in [1.29, 1.82) is 0 Å². The quantitative estimate of drug-likeness (QED) is 0.892. The minimum Gasteiger partial charge on any atom is -0.379 e. The van der Waals surface area contributed by atoms with E-state index in [1.807, 2.05) is 7.11 Å². The standard InChI is InChI=1S/C15H24N2O/c1-11-6-7-17(10-15(11)18-3)14-5-4-13(9-16)12(2)8-14/h4-5,8,11,15H,6-7,9-10,16H2,1-3H3. The second-order valence-electron chi connectivity index (χ2n) is 5.30. The molecule has 1 aliphatic heterocycles. The van der Waals surface area contributed by atoms with E-state index in [0.717, 1.165) is 13.1 Å². The molecule has 3 nitrogen and oxygen atoms in total. The molecule has 100 valence electrons. The van der Waals surface area contributed by atoms with Gasteiger partial charge in [-0.25, -0.2) is 0 Å². The first-order valence-electron chi connectivity index (χ1n) is 6.73. The van der Waals surface area contributed by atoms with Crippen molar-refractivity contribution in [3.05, 3.63) is 29.3 Å². The zero-order valence-electron chi connectivity index (χ0n) is 11.6. The van der Waals surface area contributed by atoms with Gasteiger partial charge in [-0.05, 0) is 42.5 Å². The van der Waals surface area contributed by atoms with Gasteiger partial charge in [-0.2, -0.15) is 0 Å². The van der Waals surface area contributed by atoms with Gasteiger partial charge in [0.05, 0.1) is 6.10 Å². The Balaban J connectivity index is 2.14. The topological polar surface area (TPSA) is 38.5 Å². The fourth-order valence-corrected chi connectivity index (χ4v) is 2.68. The lowest BCUT2D eigenvalue weighted by molar-refractivity contribution is 0.0498. The van der Waals surface area contributed by atoms with E-state index in [9.17, 15) is 0 Å². The molecule has 0 radical (unpaired) electrons. The van der Waals surface area contributed by atoms with E-state index < -0.39 is 0 Å². The van der Waals surface area contributed by atoms with Gasteiger partial charge in [0.1, 0.15) is 0 Å². The van der Waals surface area contributed by atoms with Crippen molar-refractivity contribution in [3.8, 4) is 0 Å². The molecule has 1 aromatic carbocycles. The molecule has 18 heavy (non-hydrogen) atoms. The monoisotopic (exact) mass is 248 g/mol. The Morgan fingerprint density at radius 1 is 1.44 bits per heavy atom. The number of aryl methyl sites for hydroxylation is 1. The van der Waals surface area contributed by atoms with Crippen LogP contribution in [0.5, 0.6) is 0 Å². The van der Waals surface area contributed by atoms with Crippen LogP contribution in [0.25, 0.3) is 0 Å². The lowest BCUT2D eigenvalue weighted by Crippen LogP contribution is -2.43. The van der Waals surface area contributed by atoms with E-state index in [4.69, 9.17) is 10.5 Å². The predicted octanol–water partition coefficient (Wildman–Crippen LogP) is 2.31. The number of piperidine rings is 1. The predicted molar refractivity (Wildman–Crippen MR) is 75.9 cm³/mol. The van der Waals surface area contributed by atoms with Crippen molar-refractivity contribution in [2.75, 3.05) is 25.1 Å². The molecule has 2 atom stereocenters. The molecule has 1 aromatic rings. The van der Waals surface area contributed by atoms with Gasteiger partial charge in [0, 0.05) is 32.4 Å². The van der Waals surface area contributed by atoms with Gasteiger partial charge < -0.3 is 15.4 Å². The third-order valence-corrected chi connectivity index (χ3v) is 4.10. The summed E-state index contributed by atoms with van der Waals surface area (Å²) in [5.74, 6) is 0.649. The Bertz CT molecular complexity index is 405. The lowest BCUT2D eigenvalue weighted by atomic mass is 9.95. The minimum absolute atomic E-state index is 0.341. The van der Waals surface area contributed by atoms with Crippen LogP contribution in [0.15, 0.2) is 18.2 Å². The number of hydrogen-bond acceptors (Lipinski definition) is 3. The number of methoxy groups -OCH3 is 1. The second-order valence-corrected chi connectivity index (χ2v) is 5.30. The molecule has 1 aliphatic rings. The minimum atomic E-state index is 0.341. The number of anilines is 1. The van der Waals surface area contributed by atoms with Crippen molar-refractivity contribution in [1.82, 2.24) is 0 Å². The molecule has 0 amide bonds. The molecule has 3 heteroatoms. The van der Waals surface area contributed by atoms with Crippen molar-refractivity contribution < 1.29 is 4.74 Å². The summed E-state index contributed by atoms with van der Waals surface area (Å²) >= 11 is 0. The molecule has 0 bridgehead atoms. The number of benzene rings is 1. The van der Waals surface area contributed by atoms with Crippen molar-refractivity contribution in [3.63, 3.8) is 0 Å². The number of ether oxygens (including phenoxy) is 1. The number of rotatable bonds is 3. The van der Waals surface area contributed by atoms with Gasteiger partial charge in [-0.1, -0.05) is 13.0 Å². The molecule has 1 heterocycles. The van der Waals surface area contributed by atoms with Gasteiger partial charge in [0.15, 0.2) is 0 Å². The first-order valence-corrected chi connectivity index (χ1v) is 6.73. The Labute approximate surface area is 110 Å². The number of hydrogen-bond donors (Lipinski definition) is 1. The Hall–Kier alpha value is -1.06. The molecule has 0 saturated carbocycles. The summed E-state index contributed by atoms with van der Waals surface area (Å²) in [6, 6.07) is 6.56. The maximum absolute atomic E-state index is 5.71. The first kappa shape index (κ1) is 13.4. The maximum atomic E-state index is 5.71. The molecule has 1 saturated heterocycles. The smallest absolute Gasteiger partial charge is 0.0772 e. The largest absolute Gasteiger partial charge is 0.379 e. The van der Waals surface area contributed by atoms with E-state index in [1.165, 1.54) is 23.2 Å². The summed E-state index contributed by atoms with van der Waals surface area (Å²) in [4.78, 5) is 2.42. The molecule has 2 rings (SSSR count). The van der Waals surface area contributed by atoms with E-state index in [-0.39, 0.29) is 0 Å². The SMILES string of the molecule is COC1CN(c2ccc(CN)c(C)c2)CCC1C. The summed E-state index contributed by atoms with van der Waals surface area (Å²) in [6.45, 7) is 7.12. The zero-order valence-corrected chi connectivity index (χ0v) is 11.6. The summed E-state index contributed by atoms with van der Waals surface area (Å²) in [5.41, 5.74) is 9.51. The highest BCUT2D eigenvalue weighted by molar-refractivity contribution is 5.51. The Morgan fingerprint density at radius 3 is 2.83 bits per heavy atom. The van der Waals surface area contributed by atoms with E-state index in [1.54, 1.807) is 0 Å². The van der Waals surface area contributed by atoms with Crippen LogP contribution in [0.2, 0.25) is 0 Å². The van der Waals surface area contributed by atoms with E-state index in [0.29, 0.717) is 18.6 Å². The van der Waals surface area contributed by atoms with E-state index >= 15 is 0 Å². The molecule has 0 spiro atoms. The first-order chi connectivity index (χ1) is 8.65. The van der Waals surface area contributed by atoms with Crippen LogP contribution < -0.4 is 10.6 Å². The summed E-state index contributed by atoms with van der Waals surface area (Å²) < 4.78 is 5.57. The maximum Gasteiger partial charge on any atom is 0.0772 e. The van der Waals surface area contributed by atoms with Crippen LogP contribution in [-0.2, 0) is 11.3 Å². The summed E-state index contributed by atoms with van der Waals surface area (Å²) in [7, 11) is 1.81. The molecule has 0 aliphatic carbocycles. The molecular weight excluding hydrogens is 224 g/mol. The molecule has 1 fully saturated rings. The summed E-state index contributed by atoms with van der Waals surface area (Å²) in [5, 5.41) is 0. The Morgan fingerprint density at radius 2 is 2.22 bits per heavy atom. The van der Waals surface area contributed by atoms with Gasteiger partial charge >= 0.3 is 0 Å². The highest BCUT2D eigenvalue weighted by Gasteiger charge is 2.26. The highest BCUT2D eigenvalue weighted by atomic mass is 16.5. The molecular formula is C15H24N2O. The Kier molecular flexibility index (Phi) is 4.25. The normalized spacial score (nSPS) is 24.3. The van der Waals surface area contributed by atoms with Gasteiger partial charge in [-0.3, -0.25) is 0 Å². The van der Waals surface area contributed by atoms with Crippen LogP contribution >= 0.6 is 0 Å². The number of nitrogens with zero attached hydrogens (tertiary/aromatic N) is 1. The molecule has 2 unspecified atom stereocenters. The van der Waals surface area contributed by atoms with Gasteiger partial charge in [0.25, 0.3) is 0 Å². The van der Waals surface area contributed by atoms with Crippen LogP contribution in [0.1, 0.15) is 24.5 Å². The van der Waals surface area contributed by atoms with Crippen LogP contribution in [-0.4, -0.2) is 26.3 Å². The summed E-state index contributed by atoms with van der Waals surface area (Å²) in [6.07, 6.45) is 1.53. The van der Waals surface area contributed by atoms with Crippen LogP contribution in [0.3, 0.4) is 0 Å². The van der Waals surface area contributed by atoms with Crippen molar-refractivity contribution in [2.24, 2.45) is 11.7 Å². The van der Waals surface area contributed by atoms with Crippen molar-refractivity contribution >= 4 is 5.69 Å². The fraction of sp³-hybridized carbons (Fsp3) is 0.600. The molecule has 0 aromatic heterocycles. The van der Waals surface area contributed by atoms with Crippen LogP contribution in [0, 0.1) is 12.8 Å². The third-order valence-electron chi connectivity index (χ3n) is 4.10. The van der Waals surface area contributed by atoms with Gasteiger partial charge in [0.2, 0.25) is 0 Å². The van der Waals surface area contributed by atoms with Crippen molar-refractivity contribution in [2.45, 2.75) is 32.9 Å². The highest BCUT2D eigenvalue weighted by Crippen LogP contribution is 2.26. The number of nitrogens with two attached hydrogens (primary N) is 1. The fourth-order valence-electron chi connectivity index (χ4n) is 2.68. The van der Waals surface area contributed by atoms with E-state index in [2.05, 4.69) is 36.9 Å². The zero-order chi connectivity index (χ0) is 13.1. The second kappa shape index (κ2) is 5.72. The van der Waals surface area contributed by atoms with Gasteiger partial charge in [-0.15, -0.1) is 0 Å². The van der Waals surface area contributed by atoms with Crippen LogP contribution in [0.4, 0.5) is 5.69 Å². The average molecular weight is 248 g/mol. The lowest BCUT2D eigenvalue weighted by Gasteiger charge is -2.37.